The molecule has 1 saturated heterocycles. The van der Waals surface area contributed by atoms with Crippen LogP contribution in [0.4, 0.5) is 5.69 Å². The highest BCUT2D eigenvalue weighted by atomic mass is 32.2. The zero-order valence-corrected chi connectivity index (χ0v) is 17.3. The molecule has 29 heavy (non-hydrogen) atoms. The molecule has 1 aromatic rings. The fourth-order valence-electron chi connectivity index (χ4n) is 3.61. The largest absolute Gasteiger partial charge is 0.368 e. The van der Waals surface area contributed by atoms with Gasteiger partial charge >= 0.3 is 0 Å². The third-order valence-corrected chi connectivity index (χ3v) is 6.41. The number of rotatable bonds is 4. The summed E-state index contributed by atoms with van der Waals surface area (Å²) in [5, 5.41) is 21.9. The molecule has 0 radical (unpaired) electrons. The van der Waals surface area contributed by atoms with Crippen molar-refractivity contribution in [3.05, 3.63) is 40.9 Å². The Morgan fingerprint density at radius 1 is 1.21 bits per heavy atom. The predicted octanol–water partition coefficient (Wildman–Crippen LogP) is 2.10. The number of carbonyl (C=O) groups excluding carboxylic acids is 2. The average molecular weight is 410 g/mol. The molecule has 0 aliphatic carbocycles. The number of amides is 2. The summed E-state index contributed by atoms with van der Waals surface area (Å²) in [6.45, 7) is 6.21. The van der Waals surface area contributed by atoms with E-state index in [-0.39, 0.29) is 11.7 Å². The highest BCUT2D eigenvalue weighted by molar-refractivity contribution is 8.03. The van der Waals surface area contributed by atoms with Crippen molar-refractivity contribution in [2.24, 2.45) is 11.3 Å². The average Bonchev–Trinajstić information content (AvgIpc) is 2.72. The molecule has 1 atom stereocenters. The maximum absolute atomic E-state index is 12.7. The van der Waals surface area contributed by atoms with Gasteiger partial charge in [-0.2, -0.15) is 10.5 Å². The zero-order chi connectivity index (χ0) is 21.0. The first-order chi connectivity index (χ1) is 13.9. The third-order valence-electron chi connectivity index (χ3n) is 5.43. The maximum Gasteiger partial charge on any atom is 0.243 e. The van der Waals surface area contributed by atoms with Gasteiger partial charge in [-0.1, -0.05) is 43.8 Å². The Morgan fingerprint density at radius 3 is 2.45 bits per heavy atom. The van der Waals surface area contributed by atoms with Crippen molar-refractivity contribution in [3.8, 4) is 12.1 Å². The second-order valence-corrected chi connectivity index (χ2v) is 8.57. The molecule has 1 fully saturated rings. The van der Waals surface area contributed by atoms with Crippen LogP contribution in [-0.4, -0.2) is 48.6 Å². The molecular formula is C21H23N5O2S. The first kappa shape index (κ1) is 20.8. The molecule has 8 heteroatoms. The van der Waals surface area contributed by atoms with Crippen molar-refractivity contribution >= 4 is 29.3 Å². The second-order valence-electron chi connectivity index (χ2n) is 7.58. The SMILES string of the molecule is CC1(C)C(C#N)=C(SCC(=O)N2CCN(c3ccccc3)CC2)NC(=O)[C@H]1C#N. The lowest BCUT2D eigenvalue weighted by atomic mass is 9.72. The van der Waals surface area contributed by atoms with E-state index in [0.29, 0.717) is 23.7 Å². The first-order valence-electron chi connectivity index (χ1n) is 9.44. The van der Waals surface area contributed by atoms with Crippen LogP contribution in [0.2, 0.25) is 0 Å². The number of anilines is 1. The Morgan fingerprint density at radius 2 is 1.86 bits per heavy atom. The minimum Gasteiger partial charge on any atom is -0.368 e. The molecule has 150 valence electrons. The summed E-state index contributed by atoms with van der Waals surface area (Å²) in [4.78, 5) is 29.0. The van der Waals surface area contributed by atoms with E-state index >= 15 is 0 Å². The Hall–Kier alpha value is -2.97. The van der Waals surface area contributed by atoms with Gasteiger partial charge in [-0.15, -0.1) is 0 Å². The van der Waals surface area contributed by atoms with Crippen LogP contribution in [0.25, 0.3) is 0 Å². The van der Waals surface area contributed by atoms with Crippen molar-refractivity contribution in [1.82, 2.24) is 10.2 Å². The number of piperazine rings is 1. The molecule has 1 N–H and O–H groups in total. The van der Waals surface area contributed by atoms with E-state index in [0.717, 1.165) is 30.5 Å². The van der Waals surface area contributed by atoms with Crippen molar-refractivity contribution in [1.29, 1.82) is 10.5 Å². The van der Waals surface area contributed by atoms with Crippen LogP contribution in [0.5, 0.6) is 0 Å². The van der Waals surface area contributed by atoms with E-state index in [1.165, 1.54) is 0 Å². The minimum atomic E-state index is -0.928. The lowest BCUT2D eigenvalue weighted by molar-refractivity contribution is -0.128. The van der Waals surface area contributed by atoms with Crippen molar-refractivity contribution in [2.75, 3.05) is 36.8 Å². The number of allylic oxidation sites excluding steroid dienone is 1. The minimum absolute atomic E-state index is 0.0260. The number of para-hydroxylation sites is 1. The predicted molar refractivity (Wildman–Crippen MR) is 111 cm³/mol. The van der Waals surface area contributed by atoms with Crippen LogP contribution in [0, 0.1) is 34.0 Å². The molecule has 2 aliphatic heterocycles. The van der Waals surface area contributed by atoms with Gasteiger partial charge in [0.2, 0.25) is 11.8 Å². The summed E-state index contributed by atoms with van der Waals surface area (Å²) >= 11 is 1.16. The van der Waals surface area contributed by atoms with Crippen molar-refractivity contribution in [2.45, 2.75) is 13.8 Å². The Bertz CT molecular complexity index is 905. The summed E-state index contributed by atoms with van der Waals surface area (Å²) in [5.41, 5.74) is 0.603. The van der Waals surface area contributed by atoms with Crippen LogP contribution in [-0.2, 0) is 9.59 Å². The number of hydrogen-bond acceptors (Lipinski definition) is 6. The Kier molecular flexibility index (Phi) is 6.14. The summed E-state index contributed by atoms with van der Waals surface area (Å²) in [7, 11) is 0. The number of nitrogens with zero attached hydrogens (tertiary/aromatic N) is 4. The van der Waals surface area contributed by atoms with Gasteiger partial charge in [0.1, 0.15) is 5.92 Å². The van der Waals surface area contributed by atoms with E-state index in [1.807, 2.05) is 29.2 Å². The van der Waals surface area contributed by atoms with E-state index < -0.39 is 17.2 Å². The fourth-order valence-corrected chi connectivity index (χ4v) is 4.69. The van der Waals surface area contributed by atoms with Gasteiger partial charge < -0.3 is 15.1 Å². The van der Waals surface area contributed by atoms with Crippen LogP contribution in [0.3, 0.4) is 0 Å². The molecule has 1 aromatic carbocycles. The highest BCUT2D eigenvalue weighted by Gasteiger charge is 2.44. The van der Waals surface area contributed by atoms with E-state index in [4.69, 9.17) is 0 Å². The molecule has 3 rings (SSSR count). The summed E-state index contributed by atoms with van der Waals surface area (Å²) in [5.74, 6) is -1.24. The normalized spacial score (nSPS) is 21.2. The summed E-state index contributed by atoms with van der Waals surface area (Å²) in [6.07, 6.45) is 0. The Labute approximate surface area is 175 Å². The van der Waals surface area contributed by atoms with Crippen LogP contribution >= 0.6 is 11.8 Å². The molecule has 0 saturated carbocycles. The van der Waals surface area contributed by atoms with E-state index in [1.54, 1.807) is 13.8 Å². The summed E-state index contributed by atoms with van der Waals surface area (Å²) in [6, 6.07) is 14.2. The number of nitrogens with one attached hydrogen (secondary N) is 1. The van der Waals surface area contributed by atoms with Crippen LogP contribution in [0.15, 0.2) is 40.9 Å². The Balaban J connectivity index is 1.61. The smallest absolute Gasteiger partial charge is 0.243 e. The number of hydrogen-bond donors (Lipinski definition) is 1. The lowest BCUT2D eigenvalue weighted by Gasteiger charge is -2.36. The van der Waals surface area contributed by atoms with Gasteiger partial charge in [0.25, 0.3) is 0 Å². The van der Waals surface area contributed by atoms with Crippen molar-refractivity contribution < 1.29 is 9.59 Å². The molecular weight excluding hydrogens is 386 g/mol. The zero-order valence-electron chi connectivity index (χ0n) is 16.5. The van der Waals surface area contributed by atoms with Gasteiger partial charge in [-0.3, -0.25) is 9.59 Å². The van der Waals surface area contributed by atoms with E-state index in [9.17, 15) is 20.1 Å². The maximum atomic E-state index is 12.7. The molecule has 0 aromatic heterocycles. The standard InChI is InChI=1S/C21H23N5O2S/c1-21(2)16(12-22)19(28)24-20(17(21)13-23)29-14-18(27)26-10-8-25(9-11-26)15-6-4-3-5-7-15/h3-7,16H,8-11,14H2,1-2H3,(H,24,28)/t16-/m1/s1. The van der Waals surface area contributed by atoms with Gasteiger partial charge in [0.15, 0.2) is 0 Å². The fraction of sp³-hybridized carbons (Fsp3) is 0.429. The van der Waals surface area contributed by atoms with Gasteiger partial charge in [0.05, 0.1) is 28.5 Å². The highest BCUT2D eigenvalue weighted by Crippen LogP contribution is 2.41. The molecule has 0 unspecified atom stereocenters. The first-order valence-corrected chi connectivity index (χ1v) is 10.4. The molecule has 2 heterocycles. The molecule has 0 bridgehead atoms. The van der Waals surface area contributed by atoms with Gasteiger partial charge in [-0.25, -0.2) is 0 Å². The third kappa shape index (κ3) is 4.23. The molecule has 0 spiro atoms. The molecule has 2 amide bonds. The van der Waals surface area contributed by atoms with Crippen molar-refractivity contribution in [3.63, 3.8) is 0 Å². The number of thioether (sulfide) groups is 1. The quantitative estimate of drug-likeness (QED) is 0.817. The number of nitriles is 2. The molecule has 2 aliphatic rings. The van der Waals surface area contributed by atoms with Gasteiger partial charge in [-0.05, 0) is 12.1 Å². The van der Waals surface area contributed by atoms with Crippen LogP contribution in [0.1, 0.15) is 13.8 Å². The lowest BCUT2D eigenvalue weighted by Crippen LogP contribution is -2.49. The summed E-state index contributed by atoms with van der Waals surface area (Å²) < 4.78 is 0. The van der Waals surface area contributed by atoms with Gasteiger partial charge in [0, 0.05) is 37.3 Å². The van der Waals surface area contributed by atoms with E-state index in [2.05, 4.69) is 28.4 Å². The monoisotopic (exact) mass is 409 g/mol. The second kappa shape index (κ2) is 8.59. The number of benzene rings is 1. The topological polar surface area (TPSA) is 100 Å². The number of carbonyl (C=O) groups is 2. The van der Waals surface area contributed by atoms with Crippen LogP contribution < -0.4 is 10.2 Å². The molecule has 7 nitrogen and oxygen atoms in total.